The van der Waals surface area contributed by atoms with Gasteiger partial charge in [0.1, 0.15) is 5.25 Å². The van der Waals surface area contributed by atoms with Crippen LogP contribution in [0.3, 0.4) is 0 Å². The Kier molecular flexibility index (Phi) is 4.21. The molecule has 0 radical (unpaired) electrons. The van der Waals surface area contributed by atoms with Crippen molar-refractivity contribution in [3.63, 3.8) is 0 Å². The third-order valence-electron chi connectivity index (χ3n) is 2.65. The summed E-state index contributed by atoms with van der Waals surface area (Å²) < 4.78 is 0. The van der Waals surface area contributed by atoms with Crippen molar-refractivity contribution in [3.05, 3.63) is 29.8 Å². The number of hydrogen-bond donors (Lipinski definition) is 2. The fourth-order valence-corrected chi connectivity index (χ4v) is 2.68. The van der Waals surface area contributed by atoms with Gasteiger partial charge in [-0.1, -0.05) is 23.9 Å². The first-order valence-electron chi connectivity index (χ1n) is 5.89. The van der Waals surface area contributed by atoms with E-state index in [1.165, 1.54) is 11.8 Å². The SMILES string of the molecule is CN=C1NC(=O)C(CC(=O)Nc2cccc(C)c2)S1. The van der Waals surface area contributed by atoms with E-state index in [4.69, 9.17) is 0 Å². The highest BCUT2D eigenvalue weighted by molar-refractivity contribution is 8.15. The molecule has 0 saturated carbocycles. The molecule has 0 spiro atoms. The summed E-state index contributed by atoms with van der Waals surface area (Å²) >= 11 is 1.29. The van der Waals surface area contributed by atoms with E-state index in [-0.39, 0.29) is 18.2 Å². The van der Waals surface area contributed by atoms with Crippen molar-refractivity contribution in [3.8, 4) is 0 Å². The predicted octanol–water partition coefficient (Wildman–Crippen LogP) is 1.54. The number of nitrogens with zero attached hydrogens (tertiary/aromatic N) is 1. The minimum Gasteiger partial charge on any atom is -0.326 e. The Hall–Kier alpha value is -1.82. The van der Waals surface area contributed by atoms with E-state index >= 15 is 0 Å². The Morgan fingerprint density at radius 1 is 1.53 bits per heavy atom. The van der Waals surface area contributed by atoms with Crippen LogP contribution in [0.1, 0.15) is 12.0 Å². The van der Waals surface area contributed by atoms with Crippen molar-refractivity contribution in [2.75, 3.05) is 12.4 Å². The van der Waals surface area contributed by atoms with Crippen molar-refractivity contribution < 1.29 is 9.59 Å². The maximum Gasteiger partial charge on any atom is 0.240 e. The van der Waals surface area contributed by atoms with E-state index in [0.29, 0.717) is 5.17 Å². The number of aryl methyl sites for hydroxylation is 1. The number of rotatable bonds is 3. The minimum atomic E-state index is -0.400. The van der Waals surface area contributed by atoms with Gasteiger partial charge in [-0.15, -0.1) is 0 Å². The lowest BCUT2D eigenvalue weighted by molar-refractivity contribution is -0.122. The second kappa shape index (κ2) is 5.88. The average molecular weight is 277 g/mol. The summed E-state index contributed by atoms with van der Waals surface area (Å²) in [4.78, 5) is 27.4. The van der Waals surface area contributed by atoms with Gasteiger partial charge in [0.25, 0.3) is 0 Å². The molecule has 5 nitrogen and oxygen atoms in total. The molecule has 2 N–H and O–H groups in total. The minimum absolute atomic E-state index is 0.142. The number of hydrogen-bond acceptors (Lipinski definition) is 4. The highest BCUT2D eigenvalue weighted by Gasteiger charge is 2.31. The number of anilines is 1. The normalized spacial score (nSPS) is 20.4. The van der Waals surface area contributed by atoms with Gasteiger partial charge in [-0.25, -0.2) is 0 Å². The van der Waals surface area contributed by atoms with Gasteiger partial charge in [-0.05, 0) is 24.6 Å². The summed E-state index contributed by atoms with van der Waals surface area (Å²) in [5.74, 6) is -0.333. The Morgan fingerprint density at radius 3 is 2.95 bits per heavy atom. The van der Waals surface area contributed by atoms with Crippen molar-refractivity contribution in [1.82, 2.24) is 5.32 Å². The van der Waals surface area contributed by atoms with Crippen LogP contribution in [0.2, 0.25) is 0 Å². The van der Waals surface area contributed by atoms with Gasteiger partial charge in [0.2, 0.25) is 11.8 Å². The molecule has 2 amide bonds. The lowest BCUT2D eigenvalue weighted by Crippen LogP contribution is -2.28. The van der Waals surface area contributed by atoms with Gasteiger partial charge in [-0.2, -0.15) is 0 Å². The first-order valence-corrected chi connectivity index (χ1v) is 6.77. The zero-order chi connectivity index (χ0) is 13.8. The van der Waals surface area contributed by atoms with Crippen LogP contribution in [0, 0.1) is 6.92 Å². The van der Waals surface area contributed by atoms with Gasteiger partial charge in [-0.3, -0.25) is 14.6 Å². The number of carbonyl (C=O) groups is 2. The standard InChI is InChI=1S/C13H15N3O2S/c1-8-4-3-5-9(6-8)15-11(17)7-10-12(18)16-13(14-2)19-10/h3-6,10H,7H2,1-2H3,(H,15,17)(H,14,16,18). The molecular formula is C13H15N3O2S. The highest BCUT2D eigenvalue weighted by Crippen LogP contribution is 2.22. The topological polar surface area (TPSA) is 70.6 Å². The van der Waals surface area contributed by atoms with Crippen LogP contribution in [0.25, 0.3) is 0 Å². The molecule has 100 valence electrons. The monoisotopic (exact) mass is 277 g/mol. The quantitative estimate of drug-likeness (QED) is 0.880. The Bertz CT molecular complexity index is 542. The van der Waals surface area contributed by atoms with Crippen LogP contribution < -0.4 is 10.6 Å². The molecule has 1 unspecified atom stereocenters. The molecule has 1 atom stereocenters. The molecule has 1 aromatic carbocycles. The number of amides is 2. The molecular weight excluding hydrogens is 262 g/mol. The van der Waals surface area contributed by atoms with Crippen LogP contribution in [-0.2, 0) is 9.59 Å². The summed E-state index contributed by atoms with van der Waals surface area (Å²) in [6.45, 7) is 1.96. The lowest BCUT2D eigenvalue weighted by atomic mass is 10.2. The van der Waals surface area contributed by atoms with Crippen LogP contribution in [0.5, 0.6) is 0 Å². The van der Waals surface area contributed by atoms with Crippen molar-refractivity contribution in [2.24, 2.45) is 4.99 Å². The van der Waals surface area contributed by atoms with E-state index in [1.54, 1.807) is 7.05 Å². The van der Waals surface area contributed by atoms with Gasteiger partial charge >= 0.3 is 0 Å². The van der Waals surface area contributed by atoms with Crippen molar-refractivity contribution >= 4 is 34.4 Å². The largest absolute Gasteiger partial charge is 0.326 e. The number of benzene rings is 1. The molecule has 6 heteroatoms. The molecule has 0 aromatic heterocycles. The van der Waals surface area contributed by atoms with Gasteiger partial charge in [0, 0.05) is 19.2 Å². The van der Waals surface area contributed by atoms with Gasteiger partial charge < -0.3 is 10.6 Å². The number of aliphatic imine (C=N–C) groups is 1. The molecule has 1 heterocycles. The van der Waals surface area contributed by atoms with Crippen LogP contribution in [0.4, 0.5) is 5.69 Å². The molecule has 0 aliphatic carbocycles. The first kappa shape index (κ1) is 13.6. The Balaban J connectivity index is 1.93. The average Bonchev–Trinajstić information content (AvgIpc) is 2.70. The maximum atomic E-state index is 11.9. The van der Waals surface area contributed by atoms with Crippen molar-refractivity contribution in [2.45, 2.75) is 18.6 Å². The van der Waals surface area contributed by atoms with Gasteiger partial charge in [0.05, 0.1) is 0 Å². The van der Waals surface area contributed by atoms with Crippen LogP contribution in [-0.4, -0.2) is 29.3 Å². The Morgan fingerprint density at radius 2 is 2.32 bits per heavy atom. The zero-order valence-electron chi connectivity index (χ0n) is 10.8. The van der Waals surface area contributed by atoms with E-state index in [0.717, 1.165) is 11.3 Å². The third-order valence-corrected chi connectivity index (χ3v) is 3.83. The third kappa shape index (κ3) is 3.57. The second-order valence-electron chi connectivity index (χ2n) is 4.25. The molecule has 2 rings (SSSR count). The molecule has 1 aromatic rings. The smallest absolute Gasteiger partial charge is 0.240 e. The fraction of sp³-hybridized carbons (Fsp3) is 0.308. The van der Waals surface area contributed by atoms with E-state index < -0.39 is 5.25 Å². The maximum absolute atomic E-state index is 11.9. The summed E-state index contributed by atoms with van der Waals surface area (Å²) in [7, 11) is 1.61. The number of carbonyl (C=O) groups excluding carboxylic acids is 2. The van der Waals surface area contributed by atoms with Crippen LogP contribution in [0.15, 0.2) is 29.3 Å². The van der Waals surface area contributed by atoms with Gasteiger partial charge in [0.15, 0.2) is 5.17 Å². The summed E-state index contributed by atoms with van der Waals surface area (Å²) in [6.07, 6.45) is 0.142. The number of nitrogens with one attached hydrogen (secondary N) is 2. The molecule has 1 aliphatic rings. The van der Waals surface area contributed by atoms with Crippen LogP contribution >= 0.6 is 11.8 Å². The lowest BCUT2D eigenvalue weighted by Gasteiger charge is -2.07. The molecule has 1 fully saturated rings. The number of thioether (sulfide) groups is 1. The molecule has 1 saturated heterocycles. The fourth-order valence-electron chi connectivity index (χ4n) is 1.75. The molecule has 19 heavy (non-hydrogen) atoms. The second-order valence-corrected chi connectivity index (χ2v) is 5.44. The summed E-state index contributed by atoms with van der Waals surface area (Å²) in [5.41, 5.74) is 1.82. The highest BCUT2D eigenvalue weighted by atomic mass is 32.2. The van der Waals surface area contributed by atoms with Crippen molar-refractivity contribution in [1.29, 1.82) is 0 Å². The first-order chi connectivity index (χ1) is 9.08. The zero-order valence-corrected chi connectivity index (χ0v) is 11.6. The summed E-state index contributed by atoms with van der Waals surface area (Å²) in [5, 5.41) is 5.59. The molecule has 0 bridgehead atoms. The number of amidine groups is 1. The predicted molar refractivity (Wildman–Crippen MR) is 77.3 cm³/mol. The summed E-state index contributed by atoms with van der Waals surface area (Å²) in [6, 6.07) is 7.55. The van der Waals surface area contributed by atoms with E-state index in [9.17, 15) is 9.59 Å². The Labute approximate surface area is 115 Å². The molecule has 1 aliphatic heterocycles. The van der Waals surface area contributed by atoms with E-state index in [1.807, 2.05) is 31.2 Å². The van der Waals surface area contributed by atoms with E-state index in [2.05, 4.69) is 15.6 Å².